The number of methoxy groups -OCH3 is 1. The van der Waals surface area contributed by atoms with Crippen LogP contribution in [0.5, 0.6) is 0 Å². The SMILES string of the molecule is COC1=C(C)C(=O)NC1(P)C1CCC1. The van der Waals surface area contributed by atoms with Crippen molar-refractivity contribution >= 4 is 15.1 Å². The summed E-state index contributed by atoms with van der Waals surface area (Å²) in [6.07, 6.45) is 3.60. The molecule has 0 aromatic rings. The molecule has 1 amide bonds. The van der Waals surface area contributed by atoms with Gasteiger partial charge >= 0.3 is 0 Å². The second-order valence-corrected chi connectivity index (χ2v) is 5.02. The van der Waals surface area contributed by atoms with Crippen LogP contribution < -0.4 is 5.32 Å². The Hall–Kier alpha value is -0.560. The lowest BCUT2D eigenvalue weighted by Gasteiger charge is -2.40. The second-order valence-electron chi connectivity index (χ2n) is 4.11. The minimum Gasteiger partial charge on any atom is -0.498 e. The van der Waals surface area contributed by atoms with E-state index in [4.69, 9.17) is 4.74 Å². The fourth-order valence-corrected chi connectivity index (χ4v) is 3.02. The van der Waals surface area contributed by atoms with Crippen LogP contribution in [-0.4, -0.2) is 18.3 Å². The molecule has 2 rings (SSSR count). The molecule has 0 bridgehead atoms. The van der Waals surface area contributed by atoms with Crippen molar-refractivity contribution < 1.29 is 9.53 Å². The van der Waals surface area contributed by atoms with Crippen molar-refractivity contribution in [3.63, 3.8) is 0 Å². The fraction of sp³-hybridized carbons (Fsp3) is 0.700. The van der Waals surface area contributed by atoms with Gasteiger partial charge in [0.2, 0.25) is 0 Å². The molecule has 1 aliphatic carbocycles. The molecule has 0 spiro atoms. The lowest BCUT2D eigenvalue weighted by Crippen LogP contribution is -2.48. The third-order valence-electron chi connectivity index (χ3n) is 3.33. The highest BCUT2D eigenvalue weighted by molar-refractivity contribution is 7.19. The molecule has 3 nitrogen and oxygen atoms in total. The molecule has 14 heavy (non-hydrogen) atoms. The topological polar surface area (TPSA) is 38.3 Å². The summed E-state index contributed by atoms with van der Waals surface area (Å²) in [5.74, 6) is 1.32. The molecule has 0 aromatic heterocycles. The Morgan fingerprint density at radius 2 is 2.21 bits per heavy atom. The Bertz CT molecular complexity index is 309. The highest BCUT2D eigenvalue weighted by atomic mass is 31.0. The minimum absolute atomic E-state index is 0.00347. The summed E-state index contributed by atoms with van der Waals surface area (Å²) in [6.45, 7) is 1.82. The van der Waals surface area contributed by atoms with Crippen molar-refractivity contribution in [3.05, 3.63) is 11.3 Å². The number of carbonyl (C=O) groups excluding carboxylic acids is 1. The summed E-state index contributed by atoms with van der Waals surface area (Å²) in [6, 6.07) is 0. The van der Waals surface area contributed by atoms with E-state index >= 15 is 0 Å². The summed E-state index contributed by atoms with van der Waals surface area (Å²) in [5.41, 5.74) is 0.717. The zero-order valence-corrected chi connectivity index (χ0v) is 9.75. The molecule has 0 saturated heterocycles. The lowest BCUT2D eigenvalue weighted by molar-refractivity contribution is -0.117. The molecule has 2 aliphatic rings. The van der Waals surface area contributed by atoms with E-state index in [1.165, 1.54) is 19.3 Å². The maximum atomic E-state index is 11.5. The predicted octanol–water partition coefficient (Wildman–Crippen LogP) is 1.41. The number of amides is 1. The molecule has 2 unspecified atom stereocenters. The number of rotatable bonds is 2. The largest absolute Gasteiger partial charge is 0.498 e. The molecule has 1 N–H and O–H groups in total. The van der Waals surface area contributed by atoms with E-state index in [1.807, 2.05) is 6.92 Å². The van der Waals surface area contributed by atoms with E-state index < -0.39 is 0 Å². The summed E-state index contributed by atoms with van der Waals surface area (Å²) >= 11 is 0. The van der Waals surface area contributed by atoms with Gasteiger partial charge in [0.1, 0.15) is 11.0 Å². The van der Waals surface area contributed by atoms with Crippen LogP contribution >= 0.6 is 9.24 Å². The summed E-state index contributed by atoms with van der Waals surface area (Å²) in [5, 5.41) is 2.68. The third kappa shape index (κ3) is 1.18. The molecule has 78 valence electrons. The van der Waals surface area contributed by atoms with E-state index in [9.17, 15) is 4.79 Å². The van der Waals surface area contributed by atoms with Gasteiger partial charge < -0.3 is 10.1 Å². The highest BCUT2D eigenvalue weighted by Crippen LogP contribution is 2.47. The number of hydrogen-bond acceptors (Lipinski definition) is 2. The molecule has 1 aliphatic heterocycles. The zero-order chi connectivity index (χ0) is 10.3. The molecular formula is C10H16NO2P. The van der Waals surface area contributed by atoms with Crippen molar-refractivity contribution in [3.8, 4) is 0 Å². The first-order chi connectivity index (χ1) is 6.59. The van der Waals surface area contributed by atoms with E-state index in [0.29, 0.717) is 5.92 Å². The standard InChI is InChI=1S/C10H16NO2P/c1-6-8(13-2)10(14,11-9(6)12)7-4-3-5-7/h7H,3-5,14H2,1-2H3,(H,11,12). The normalized spacial score (nSPS) is 32.9. The number of carbonyl (C=O) groups is 1. The van der Waals surface area contributed by atoms with Gasteiger partial charge in [-0.2, -0.15) is 0 Å². The Morgan fingerprint density at radius 1 is 1.57 bits per heavy atom. The van der Waals surface area contributed by atoms with Crippen LogP contribution in [-0.2, 0) is 9.53 Å². The molecule has 0 radical (unpaired) electrons. The summed E-state index contributed by atoms with van der Waals surface area (Å²) in [7, 11) is 4.39. The van der Waals surface area contributed by atoms with Crippen molar-refractivity contribution in [1.82, 2.24) is 5.32 Å². The van der Waals surface area contributed by atoms with Gasteiger partial charge in [-0.15, -0.1) is 9.24 Å². The van der Waals surface area contributed by atoms with Crippen molar-refractivity contribution in [2.24, 2.45) is 5.92 Å². The number of hydrogen-bond donors (Lipinski definition) is 1. The molecule has 1 saturated carbocycles. The smallest absolute Gasteiger partial charge is 0.251 e. The zero-order valence-electron chi connectivity index (χ0n) is 8.59. The van der Waals surface area contributed by atoms with Crippen LogP contribution in [0.4, 0.5) is 0 Å². The molecule has 2 atom stereocenters. The van der Waals surface area contributed by atoms with Crippen molar-refractivity contribution in [2.75, 3.05) is 7.11 Å². The first-order valence-corrected chi connectivity index (χ1v) is 5.54. The highest BCUT2D eigenvalue weighted by Gasteiger charge is 2.48. The second kappa shape index (κ2) is 3.23. The Kier molecular flexibility index (Phi) is 2.30. The quantitative estimate of drug-likeness (QED) is 0.704. The van der Waals surface area contributed by atoms with E-state index in [1.54, 1.807) is 7.11 Å². The van der Waals surface area contributed by atoms with Gasteiger partial charge in [0, 0.05) is 0 Å². The van der Waals surface area contributed by atoms with Crippen LogP contribution in [0, 0.1) is 5.92 Å². The van der Waals surface area contributed by atoms with E-state index in [0.717, 1.165) is 11.3 Å². The maximum absolute atomic E-state index is 11.5. The van der Waals surface area contributed by atoms with Gasteiger partial charge in [-0.05, 0) is 25.7 Å². The average molecular weight is 213 g/mol. The number of nitrogens with one attached hydrogen (secondary N) is 1. The van der Waals surface area contributed by atoms with E-state index in [2.05, 4.69) is 14.6 Å². The summed E-state index contributed by atoms with van der Waals surface area (Å²) in [4.78, 5) is 11.5. The first kappa shape index (κ1) is 9.97. The minimum atomic E-state index is -0.325. The molecule has 1 heterocycles. The van der Waals surface area contributed by atoms with Gasteiger partial charge in [0.15, 0.2) is 0 Å². The average Bonchev–Trinajstić information content (AvgIpc) is 2.20. The van der Waals surface area contributed by atoms with Crippen LogP contribution in [0.2, 0.25) is 0 Å². The number of ether oxygens (including phenoxy) is 1. The van der Waals surface area contributed by atoms with Gasteiger partial charge in [-0.25, -0.2) is 0 Å². The van der Waals surface area contributed by atoms with Crippen LogP contribution in [0.25, 0.3) is 0 Å². The lowest BCUT2D eigenvalue weighted by atomic mass is 9.78. The summed E-state index contributed by atoms with van der Waals surface area (Å²) < 4.78 is 5.34. The van der Waals surface area contributed by atoms with Gasteiger partial charge in [-0.1, -0.05) is 6.42 Å². The Labute approximate surface area is 86.5 Å². The van der Waals surface area contributed by atoms with Gasteiger partial charge in [-0.3, -0.25) is 4.79 Å². The Balaban J connectivity index is 2.32. The van der Waals surface area contributed by atoms with Gasteiger partial charge in [0.05, 0.1) is 12.7 Å². The van der Waals surface area contributed by atoms with Crippen LogP contribution in [0.1, 0.15) is 26.2 Å². The van der Waals surface area contributed by atoms with E-state index in [-0.39, 0.29) is 11.2 Å². The molecule has 0 aromatic carbocycles. The monoisotopic (exact) mass is 213 g/mol. The molecular weight excluding hydrogens is 197 g/mol. The van der Waals surface area contributed by atoms with Crippen molar-refractivity contribution in [2.45, 2.75) is 31.5 Å². The maximum Gasteiger partial charge on any atom is 0.251 e. The first-order valence-electron chi connectivity index (χ1n) is 4.96. The van der Waals surface area contributed by atoms with Crippen LogP contribution in [0.15, 0.2) is 11.3 Å². The Morgan fingerprint density at radius 3 is 2.64 bits per heavy atom. The predicted molar refractivity (Wildman–Crippen MR) is 57.6 cm³/mol. The van der Waals surface area contributed by atoms with Crippen molar-refractivity contribution in [1.29, 1.82) is 0 Å². The third-order valence-corrected chi connectivity index (χ3v) is 4.21. The van der Waals surface area contributed by atoms with Crippen LogP contribution in [0.3, 0.4) is 0 Å². The van der Waals surface area contributed by atoms with Gasteiger partial charge in [0.25, 0.3) is 5.91 Å². The fourth-order valence-electron chi connectivity index (χ4n) is 2.22. The molecule has 4 heteroatoms. The molecule has 1 fully saturated rings.